The Bertz CT molecular complexity index is 1010. The molecule has 0 unspecified atom stereocenters. The summed E-state index contributed by atoms with van der Waals surface area (Å²) < 4.78 is 61.5. The van der Waals surface area contributed by atoms with Crippen LogP contribution in [0.3, 0.4) is 0 Å². The number of hydrogen-bond donors (Lipinski definition) is 2. The molecule has 0 aliphatic carbocycles. The number of halogens is 3. The van der Waals surface area contributed by atoms with Gasteiger partial charge in [-0.2, -0.15) is 13.2 Å². The molecule has 0 fully saturated rings. The molecule has 8 nitrogen and oxygen atoms in total. The zero-order chi connectivity index (χ0) is 21.1. The summed E-state index contributed by atoms with van der Waals surface area (Å²) in [6.45, 7) is -0.189. The zero-order valence-electron chi connectivity index (χ0n) is 14.3. The van der Waals surface area contributed by atoms with Crippen LogP contribution in [0, 0.1) is 17.0 Å². The summed E-state index contributed by atoms with van der Waals surface area (Å²) >= 11 is 0. The van der Waals surface area contributed by atoms with Crippen LogP contribution in [0.15, 0.2) is 47.4 Å². The van der Waals surface area contributed by atoms with E-state index >= 15 is 0 Å². The molecule has 28 heavy (non-hydrogen) atoms. The number of benzene rings is 2. The van der Waals surface area contributed by atoms with E-state index in [1.54, 1.807) is 0 Å². The van der Waals surface area contributed by atoms with E-state index < -0.39 is 38.5 Å². The number of nitro benzene ring substituents is 1. The number of amides is 1. The predicted octanol–water partition coefficient (Wildman–Crippen LogP) is 3.00. The molecule has 0 saturated heterocycles. The Labute approximate surface area is 157 Å². The van der Waals surface area contributed by atoms with E-state index in [9.17, 15) is 36.5 Å². The number of alkyl halides is 3. The number of anilines is 1. The molecule has 2 aromatic rings. The molecule has 1 amide bonds. The highest BCUT2D eigenvalue weighted by Crippen LogP contribution is 2.21. The molecule has 12 heteroatoms. The summed E-state index contributed by atoms with van der Waals surface area (Å²) in [4.78, 5) is 22.1. The molecule has 2 N–H and O–H groups in total. The maximum Gasteiger partial charge on any atom is 0.402 e. The van der Waals surface area contributed by atoms with Gasteiger partial charge in [0.1, 0.15) is 6.54 Å². The monoisotopic (exact) mass is 417 g/mol. The lowest BCUT2D eigenvalue weighted by molar-refractivity contribution is -0.385. The fraction of sp³-hybridized carbons (Fsp3) is 0.188. The summed E-state index contributed by atoms with van der Waals surface area (Å²) in [6, 6.07) is 8.31. The van der Waals surface area contributed by atoms with Crippen LogP contribution in [0.2, 0.25) is 0 Å². The lowest BCUT2D eigenvalue weighted by atomic mass is 10.1. The second-order valence-electron chi connectivity index (χ2n) is 5.68. The van der Waals surface area contributed by atoms with Gasteiger partial charge in [-0.3, -0.25) is 14.9 Å². The second-order valence-corrected chi connectivity index (χ2v) is 7.44. The summed E-state index contributed by atoms with van der Waals surface area (Å²) in [5, 5.41) is 13.4. The van der Waals surface area contributed by atoms with Gasteiger partial charge in [0.2, 0.25) is 10.0 Å². The van der Waals surface area contributed by atoms with Crippen LogP contribution < -0.4 is 10.0 Å². The maximum absolute atomic E-state index is 12.2. The quantitative estimate of drug-likeness (QED) is 0.553. The van der Waals surface area contributed by atoms with Crippen molar-refractivity contribution in [3.8, 4) is 0 Å². The molecule has 0 aliphatic rings. The first-order valence-corrected chi connectivity index (χ1v) is 9.10. The molecule has 0 atom stereocenters. The Hall–Kier alpha value is -2.99. The van der Waals surface area contributed by atoms with Crippen LogP contribution in [0.25, 0.3) is 0 Å². The van der Waals surface area contributed by atoms with Gasteiger partial charge in [0, 0.05) is 22.9 Å². The van der Waals surface area contributed by atoms with Crippen LogP contribution in [0.1, 0.15) is 15.9 Å². The van der Waals surface area contributed by atoms with Crippen molar-refractivity contribution in [1.29, 1.82) is 0 Å². The van der Waals surface area contributed by atoms with E-state index in [2.05, 4.69) is 5.32 Å². The average molecular weight is 417 g/mol. The number of nitrogens with zero attached hydrogens (tertiary/aromatic N) is 1. The minimum absolute atomic E-state index is 0.0147. The minimum atomic E-state index is -4.70. The summed E-state index contributed by atoms with van der Waals surface area (Å²) in [5.74, 6) is -0.672. The number of aryl methyl sites for hydroxylation is 1. The Balaban J connectivity index is 2.13. The smallest absolute Gasteiger partial charge is 0.322 e. The largest absolute Gasteiger partial charge is 0.402 e. The molecular formula is C16H14F3N3O5S. The standard InChI is InChI=1S/C16H14F3N3O5S/c1-10-2-3-11(8-14(10)22(24)25)15(23)21-12-4-6-13(7-5-12)28(26,27)20-9-16(17,18)19/h2-8,20H,9H2,1H3,(H,21,23). The average Bonchev–Trinajstić information content (AvgIpc) is 2.60. The highest BCUT2D eigenvalue weighted by Gasteiger charge is 2.30. The highest BCUT2D eigenvalue weighted by molar-refractivity contribution is 7.89. The van der Waals surface area contributed by atoms with Crippen molar-refractivity contribution < 1.29 is 31.3 Å². The Morgan fingerprint density at radius 3 is 2.29 bits per heavy atom. The third-order valence-corrected chi connectivity index (χ3v) is 4.97. The van der Waals surface area contributed by atoms with Crippen LogP contribution in [0.5, 0.6) is 0 Å². The molecule has 0 saturated carbocycles. The molecule has 0 aromatic heterocycles. The van der Waals surface area contributed by atoms with E-state index in [0.29, 0.717) is 5.56 Å². The lowest BCUT2D eigenvalue weighted by Gasteiger charge is -2.10. The molecule has 0 radical (unpaired) electrons. The van der Waals surface area contributed by atoms with Gasteiger partial charge in [-0.1, -0.05) is 6.07 Å². The van der Waals surface area contributed by atoms with Gasteiger partial charge in [0.15, 0.2) is 0 Å². The topological polar surface area (TPSA) is 118 Å². The first kappa shape index (κ1) is 21.3. The van der Waals surface area contributed by atoms with Gasteiger partial charge < -0.3 is 5.32 Å². The molecule has 2 rings (SSSR count). The highest BCUT2D eigenvalue weighted by atomic mass is 32.2. The van der Waals surface area contributed by atoms with Crippen molar-refractivity contribution in [2.45, 2.75) is 18.0 Å². The van der Waals surface area contributed by atoms with E-state index in [4.69, 9.17) is 0 Å². The lowest BCUT2D eigenvalue weighted by Crippen LogP contribution is -2.33. The summed E-state index contributed by atoms with van der Waals surface area (Å²) in [7, 11) is -4.37. The Morgan fingerprint density at radius 2 is 1.75 bits per heavy atom. The number of hydrogen-bond acceptors (Lipinski definition) is 5. The number of rotatable bonds is 6. The van der Waals surface area contributed by atoms with Gasteiger partial charge in [0.05, 0.1) is 9.82 Å². The first-order chi connectivity index (χ1) is 12.9. The van der Waals surface area contributed by atoms with Crippen molar-refractivity contribution in [3.05, 3.63) is 63.7 Å². The second kappa shape index (κ2) is 7.94. The van der Waals surface area contributed by atoms with Crippen molar-refractivity contribution in [2.24, 2.45) is 0 Å². The molecule has 0 heterocycles. The zero-order valence-corrected chi connectivity index (χ0v) is 15.1. The third-order valence-electron chi connectivity index (χ3n) is 3.55. The van der Waals surface area contributed by atoms with Crippen LogP contribution in [-0.2, 0) is 10.0 Å². The summed E-state index contributed by atoms with van der Waals surface area (Å²) in [5.41, 5.74) is 0.316. The van der Waals surface area contributed by atoms with Gasteiger partial charge in [-0.05, 0) is 37.3 Å². The molecule has 150 valence electrons. The van der Waals surface area contributed by atoms with Crippen molar-refractivity contribution in [3.63, 3.8) is 0 Å². The van der Waals surface area contributed by atoms with Gasteiger partial charge in [0.25, 0.3) is 11.6 Å². The van der Waals surface area contributed by atoms with E-state index in [1.165, 1.54) is 35.9 Å². The molecule has 0 bridgehead atoms. The normalized spacial score (nSPS) is 11.9. The van der Waals surface area contributed by atoms with Gasteiger partial charge in [-0.15, -0.1) is 0 Å². The van der Waals surface area contributed by atoms with Crippen molar-refractivity contribution >= 4 is 27.3 Å². The van der Waals surface area contributed by atoms with E-state index in [0.717, 1.165) is 18.2 Å². The van der Waals surface area contributed by atoms with Crippen LogP contribution in [0.4, 0.5) is 24.5 Å². The molecule has 0 aliphatic heterocycles. The Morgan fingerprint density at radius 1 is 1.14 bits per heavy atom. The fourth-order valence-electron chi connectivity index (χ4n) is 2.13. The van der Waals surface area contributed by atoms with Crippen molar-refractivity contribution in [1.82, 2.24) is 4.72 Å². The van der Waals surface area contributed by atoms with E-state index in [-0.39, 0.29) is 16.9 Å². The third kappa shape index (κ3) is 5.50. The number of nitrogens with one attached hydrogen (secondary N) is 2. The first-order valence-electron chi connectivity index (χ1n) is 7.62. The van der Waals surface area contributed by atoms with Gasteiger partial charge >= 0.3 is 6.18 Å². The molecule has 0 spiro atoms. The van der Waals surface area contributed by atoms with Crippen molar-refractivity contribution in [2.75, 3.05) is 11.9 Å². The maximum atomic E-state index is 12.2. The SMILES string of the molecule is Cc1ccc(C(=O)Nc2ccc(S(=O)(=O)NCC(F)(F)F)cc2)cc1[N+](=O)[O-]. The molecule has 2 aromatic carbocycles. The van der Waals surface area contributed by atoms with Gasteiger partial charge in [-0.25, -0.2) is 13.1 Å². The summed E-state index contributed by atoms with van der Waals surface area (Å²) in [6.07, 6.45) is -4.70. The predicted molar refractivity (Wildman–Crippen MR) is 93.5 cm³/mol. The number of carbonyl (C=O) groups is 1. The fourth-order valence-corrected chi connectivity index (χ4v) is 3.14. The van der Waals surface area contributed by atoms with Crippen LogP contribution >= 0.6 is 0 Å². The Kier molecular flexibility index (Phi) is 6.04. The van der Waals surface area contributed by atoms with Crippen LogP contribution in [-0.4, -0.2) is 32.0 Å². The van der Waals surface area contributed by atoms with E-state index in [1.807, 2.05) is 0 Å². The minimum Gasteiger partial charge on any atom is -0.322 e. The molecular weight excluding hydrogens is 403 g/mol. The number of sulfonamides is 1. The number of nitro groups is 1. The number of carbonyl (C=O) groups excluding carboxylic acids is 1.